The van der Waals surface area contributed by atoms with E-state index in [0.717, 1.165) is 18.7 Å². The van der Waals surface area contributed by atoms with Gasteiger partial charge < -0.3 is 5.32 Å². The summed E-state index contributed by atoms with van der Waals surface area (Å²) in [5, 5.41) is 13.9. The maximum absolute atomic E-state index is 10.8. The van der Waals surface area contributed by atoms with Gasteiger partial charge in [-0.05, 0) is 19.4 Å². The predicted molar refractivity (Wildman–Crippen MR) is 77.6 cm³/mol. The Morgan fingerprint density at radius 2 is 2.10 bits per heavy atom. The number of non-ortho nitro benzene ring substituents is 1. The van der Waals surface area contributed by atoms with Gasteiger partial charge in [-0.25, -0.2) is 9.97 Å². The van der Waals surface area contributed by atoms with Crippen molar-refractivity contribution in [3.63, 3.8) is 0 Å². The highest BCUT2D eigenvalue weighted by Gasteiger charge is 2.09. The van der Waals surface area contributed by atoms with Crippen LogP contribution in [0.3, 0.4) is 0 Å². The molecule has 0 saturated carbocycles. The Bertz CT molecular complexity index is 628. The molecular weight excluding hydrogens is 256 g/mol. The molecule has 2 aromatic rings. The number of rotatable bonds is 5. The minimum atomic E-state index is -0.409. The lowest BCUT2D eigenvalue weighted by Gasteiger charge is -2.07. The molecule has 0 unspecified atom stereocenters. The minimum Gasteiger partial charge on any atom is -0.354 e. The summed E-state index contributed by atoms with van der Waals surface area (Å²) in [5.74, 6) is 0.549. The fourth-order valence-electron chi connectivity index (χ4n) is 1.81. The van der Waals surface area contributed by atoms with Gasteiger partial charge >= 0.3 is 0 Å². The number of nitro groups is 1. The van der Waals surface area contributed by atoms with Crippen LogP contribution in [0.2, 0.25) is 0 Å². The molecule has 0 amide bonds. The van der Waals surface area contributed by atoms with Crippen molar-refractivity contribution >= 4 is 11.6 Å². The van der Waals surface area contributed by atoms with Gasteiger partial charge in [-0.15, -0.1) is 0 Å². The maximum Gasteiger partial charge on any atom is 0.270 e. The van der Waals surface area contributed by atoms with Gasteiger partial charge in [0.15, 0.2) is 0 Å². The van der Waals surface area contributed by atoms with Crippen molar-refractivity contribution in [2.24, 2.45) is 0 Å². The summed E-state index contributed by atoms with van der Waals surface area (Å²) in [4.78, 5) is 19.1. The van der Waals surface area contributed by atoms with E-state index in [2.05, 4.69) is 22.2 Å². The fourth-order valence-corrected chi connectivity index (χ4v) is 1.81. The van der Waals surface area contributed by atoms with Gasteiger partial charge in [-0.2, -0.15) is 0 Å². The molecule has 0 spiro atoms. The Labute approximate surface area is 117 Å². The third kappa shape index (κ3) is 3.28. The van der Waals surface area contributed by atoms with Gasteiger partial charge in [0.25, 0.3) is 5.69 Å². The first-order chi connectivity index (χ1) is 9.60. The van der Waals surface area contributed by atoms with E-state index in [9.17, 15) is 10.1 Å². The molecule has 1 aromatic heterocycles. The van der Waals surface area contributed by atoms with Crippen molar-refractivity contribution in [3.05, 3.63) is 46.1 Å². The van der Waals surface area contributed by atoms with Crippen molar-refractivity contribution < 1.29 is 4.92 Å². The third-order valence-electron chi connectivity index (χ3n) is 2.74. The zero-order chi connectivity index (χ0) is 14.5. The molecule has 0 radical (unpaired) electrons. The van der Waals surface area contributed by atoms with Gasteiger partial charge in [0.2, 0.25) is 5.95 Å². The molecule has 0 aliphatic heterocycles. The van der Waals surface area contributed by atoms with Crippen LogP contribution >= 0.6 is 0 Å². The number of nitrogens with one attached hydrogen (secondary N) is 1. The van der Waals surface area contributed by atoms with Crippen molar-refractivity contribution in [1.29, 1.82) is 0 Å². The molecule has 1 aromatic carbocycles. The molecule has 0 fully saturated rings. The summed E-state index contributed by atoms with van der Waals surface area (Å²) in [6.45, 7) is 4.72. The number of nitrogens with zero attached hydrogens (tertiary/aromatic N) is 3. The van der Waals surface area contributed by atoms with E-state index in [1.165, 1.54) is 12.1 Å². The number of aromatic nitrogens is 2. The van der Waals surface area contributed by atoms with Crippen LogP contribution in [0.4, 0.5) is 11.6 Å². The summed E-state index contributed by atoms with van der Waals surface area (Å²) in [6, 6.07) is 8.26. The first kappa shape index (κ1) is 13.9. The standard InChI is InChI=1S/C14H16N4O2/c1-3-7-15-14-16-10(2)8-13(17-14)11-5-4-6-12(9-11)18(19)20/h4-6,8-9H,3,7H2,1-2H3,(H,15,16,17). The van der Waals surface area contributed by atoms with Crippen LogP contribution in [0.25, 0.3) is 11.3 Å². The molecule has 6 heteroatoms. The predicted octanol–water partition coefficient (Wildman–Crippen LogP) is 3.18. The summed E-state index contributed by atoms with van der Waals surface area (Å²) in [5.41, 5.74) is 2.27. The molecule has 0 atom stereocenters. The van der Waals surface area contributed by atoms with E-state index in [4.69, 9.17) is 0 Å². The number of nitro benzene ring substituents is 1. The van der Waals surface area contributed by atoms with E-state index >= 15 is 0 Å². The molecule has 104 valence electrons. The summed E-state index contributed by atoms with van der Waals surface area (Å²) >= 11 is 0. The largest absolute Gasteiger partial charge is 0.354 e. The van der Waals surface area contributed by atoms with Crippen LogP contribution in [0.5, 0.6) is 0 Å². The lowest BCUT2D eigenvalue weighted by atomic mass is 10.1. The van der Waals surface area contributed by atoms with E-state index in [-0.39, 0.29) is 5.69 Å². The summed E-state index contributed by atoms with van der Waals surface area (Å²) < 4.78 is 0. The molecule has 20 heavy (non-hydrogen) atoms. The number of hydrogen-bond acceptors (Lipinski definition) is 5. The van der Waals surface area contributed by atoms with E-state index < -0.39 is 4.92 Å². The van der Waals surface area contributed by atoms with Crippen LogP contribution in [0, 0.1) is 17.0 Å². The average molecular weight is 272 g/mol. The molecule has 0 aliphatic rings. The second-order valence-electron chi connectivity index (χ2n) is 4.45. The Balaban J connectivity index is 2.38. The van der Waals surface area contributed by atoms with Gasteiger partial charge in [-0.3, -0.25) is 10.1 Å². The van der Waals surface area contributed by atoms with Crippen LogP contribution in [-0.2, 0) is 0 Å². The molecule has 1 N–H and O–H groups in total. The third-order valence-corrected chi connectivity index (χ3v) is 2.74. The van der Waals surface area contributed by atoms with Gasteiger partial charge in [0.05, 0.1) is 10.6 Å². The van der Waals surface area contributed by atoms with Crippen molar-refractivity contribution in [3.8, 4) is 11.3 Å². The second-order valence-corrected chi connectivity index (χ2v) is 4.45. The Kier molecular flexibility index (Phi) is 4.24. The highest BCUT2D eigenvalue weighted by molar-refractivity contribution is 5.63. The van der Waals surface area contributed by atoms with Crippen LogP contribution in [-0.4, -0.2) is 21.4 Å². The summed E-state index contributed by atoms with van der Waals surface area (Å²) in [6.07, 6.45) is 0.976. The van der Waals surface area contributed by atoms with E-state index in [1.54, 1.807) is 12.1 Å². The molecule has 2 rings (SSSR count). The van der Waals surface area contributed by atoms with Crippen molar-refractivity contribution in [2.45, 2.75) is 20.3 Å². The normalized spacial score (nSPS) is 10.3. The number of aryl methyl sites for hydroxylation is 1. The SMILES string of the molecule is CCCNc1nc(C)cc(-c2cccc([N+](=O)[O-])c2)n1. The molecular formula is C14H16N4O2. The fraction of sp³-hybridized carbons (Fsp3) is 0.286. The lowest BCUT2D eigenvalue weighted by Crippen LogP contribution is -2.05. The number of hydrogen-bond donors (Lipinski definition) is 1. The molecule has 1 heterocycles. The molecule has 0 aliphatic carbocycles. The average Bonchev–Trinajstić information content (AvgIpc) is 2.44. The van der Waals surface area contributed by atoms with Crippen LogP contribution in [0.1, 0.15) is 19.0 Å². The monoisotopic (exact) mass is 272 g/mol. The zero-order valence-corrected chi connectivity index (χ0v) is 11.5. The van der Waals surface area contributed by atoms with Gasteiger partial charge in [0, 0.05) is 29.9 Å². The molecule has 0 saturated heterocycles. The highest BCUT2D eigenvalue weighted by Crippen LogP contribution is 2.23. The van der Waals surface area contributed by atoms with Gasteiger partial charge in [0.1, 0.15) is 0 Å². The zero-order valence-electron chi connectivity index (χ0n) is 11.5. The first-order valence-electron chi connectivity index (χ1n) is 6.44. The van der Waals surface area contributed by atoms with E-state index in [0.29, 0.717) is 17.2 Å². The Hall–Kier alpha value is -2.50. The lowest BCUT2D eigenvalue weighted by molar-refractivity contribution is -0.384. The smallest absolute Gasteiger partial charge is 0.270 e. The highest BCUT2D eigenvalue weighted by atomic mass is 16.6. The summed E-state index contributed by atoms with van der Waals surface area (Å²) in [7, 11) is 0. The van der Waals surface area contributed by atoms with Crippen molar-refractivity contribution in [1.82, 2.24) is 9.97 Å². The Morgan fingerprint density at radius 1 is 1.30 bits per heavy atom. The maximum atomic E-state index is 10.8. The van der Waals surface area contributed by atoms with Crippen LogP contribution < -0.4 is 5.32 Å². The minimum absolute atomic E-state index is 0.0573. The quantitative estimate of drug-likeness (QED) is 0.667. The van der Waals surface area contributed by atoms with Gasteiger partial charge in [-0.1, -0.05) is 19.1 Å². The first-order valence-corrected chi connectivity index (χ1v) is 6.44. The Morgan fingerprint density at radius 3 is 2.80 bits per heavy atom. The van der Waals surface area contributed by atoms with E-state index in [1.807, 2.05) is 13.0 Å². The molecule has 0 bridgehead atoms. The molecule has 6 nitrogen and oxygen atoms in total. The number of anilines is 1. The van der Waals surface area contributed by atoms with Crippen LogP contribution in [0.15, 0.2) is 30.3 Å². The second kappa shape index (κ2) is 6.10. The van der Waals surface area contributed by atoms with Crippen molar-refractivity contribution in [2.75, 3.05) is 11.9 Å². The topological polar surface area (TPSA) is 81.0 Å². The number of benzene rings is 1.